The van der Waals surface area contributed by atoms with Crippen LogP contribution in [0.4, 0.5) is 23.4 Å². The molecule has 3 aromatic heterocycles. The van der Waals surface area contributed by atoms with E-state index in [1.165, 1.54) is 16.8 Å². The lowest BCUT2D eigenvalue weighted by Crippen LogP contribution is -2.59. The normalized spacial score (nSPS) is 22.8. The van der Waals surface area contributed by atoms with Crippen molar-refractivity contribution < 1.29 is 30.8 Å². The molecular weight excluding hydrogens is 598 g/mol. The monoisotopic (exact) mass is 625 g/mol. The molecular formula is C26H27F4N7O3S2. The summed E-state index contributed by atoms with van der Waals surface area (Å²) in [7, 11) is -3.03. The van der Waals surface area contributed by atoms with E-state index in [4.69, 9.17) is 0 Å². The molecule has 5 heterocycles. The molecule has 2 N–H and O–H groups in total. The van der Waals surface area contributed by atoms with Crippen LogP contribution in [0.1, 0.15) is 41.4 Å². The van der Waals surface area contributed by atoms with Gasteiger partial charge in [-0.2, -0.15) is 23.4 Å². The number of sulfone groups is 1. The van der Waals surface area contributed by atoms with Crippen LogP contribution in [0.5, 0.6) is 0 Å². The van der Waals surface area contributed by atoms with Crippen LogP contribution in [-0.4, -0.2) is 93.5 Å². The Morgan fingerprint density at radius 1 is 1.17 bits per heavy atom. The van der Waals surface area contributed by atoms with E-state index in [1.807, 2.05) is 4.90 Å². The van der Waals surface area contributed by atoms with Crippen LogP contribution in [0, 0.1) is 11.8 Å². The fourth-order valence-corrected chi connectivity index (χ4v) is 7.34. The number of hydrogen-bond acceptors (Lipinski definition) is 8. The molecule has 3 aliphatic rings. The highest BCUT2D eigenvalue weighted by atomic mass is 32.2. The standard InChI is InChI=1S/C26H27F4N7O3S2/c27-19-13-35(18-14-42(39,40)15-18)10-8-20(19)33-23-5-1-4-22-24(41-26(28,29)30)21(34-37(22)23)3-2-9-31-25(38)16-11-32-36(12-16)17-6-7-17/h1,4-5,11-12,17-20,33H,6-10,13-15H2,(H,31,38)/t19-,20+/m0/s1. The van der Waals surface area contributed by atoms with Crippen LogP contribution in [0.25, 0.3) is 5.52 Å². The van der Waals surface area contributed by atoms with Crippen LogP contribution in [0.2, 0.25) is 0 Å². The summed E-state index contributed by atoms with van der Waals surface area (Å²) >= 11 is -0.338. The number of likely N-dealkylation sites (tertiary alicyclic amines) is 1. The van der Waals surface area contributed by atoms with Crippen molar-refractivity contribution in [3.63, 3.8) is 0 Å². The number of carbonyl (C=O) groups excluding carboxylic acids is 1. The molecule has 0 unspecified atom stereocenters. The largest absolute Gasteiger partial charge is 0.446 e. The summed E-state index contributed by atoms with van der Waals surface area (Å²) in [6, 6.07) is 4.13. The number of nitrogens with one attached hydrogen (secondary N) is 2. The quantitative estimate of drug-likeness (QED) is 0.234. The van der Waals surface area contributed by atoms with Crippen molar-refractivity contribution in [3.05, 3.63) is 41.9 Å². The Morgan fingerprint density at radius 3 is 2.64 bits per heavy atom. The van der Waals surface area contributed by atoms with E-state index in [0.717, 1.165) is 12.8 Å². The molecule has 0 radical (unpaired) electrons. The van der Waals surface area contributed by atoms with E-state index in [9.17, 15) is 26.4 Å². The second-order valence-corrected chi connectivity index (χ2v) is 13.9. The predicted molar refractivity (Wildman–Crippen MR) is 148 cm³/mol. The summed E-state index contributed by atoms with van der Waals surface area (Å²) in [6.07, 6.45) is 4.20. The van der Waals surface area contributed by atoms with E-state index in [2.05, 4.69) is 32.7 Å². The number of aromatic nitrogens is 4. The Balaban J connectivity index is 1.17. The van der Waals surface area contributed by atoms with Gasteiger partial charge in [-0.25, -0.2) is 17.3 Å². The van der Waals surface area contributed by atoms with E-state index in [-0.39, 0.29) is 58.5 Å². The van der Waals surface area contributed by atoms with E-state index < -0.39 is 33.5 Å². The second-order valence-electron chi connectivity index (χ2n) is 10.6. The maximum atomic E-state index is 15.1. The van der Waals surface area contributed by atoms with E-state index >= 15 is 4.39 Å². The SMILES string of the molecule is O=C(NCC#Cc1nn2c(N[C@@H]3CCN(C4CS(=O)(=O)C4)C[C@@H]3F)cccc2c1SC(F)(F)F)c1cnn(C2CC2)c1. The van der Waals surface area contributed by atoms with Crippen LogP contribution >= 0.6 is 11.8 Å². The van der Waals surface area contributed by atoms with Crippen LogP contribution in [0.15, 0.2) is 35.5 Å². The first-order valence-corrected chi connectivity index (χ1v) is 16.0. The van der Waals surface area contributed by atoms with Gasteiger partial charge in [0.05, 0.1) is 52.3 Å². The number of rotatable bonds is 7. The zero-order valence-electron chi connectivity index (χ0n) is 22.1. The smallest absolute Gasteiger partial charge is 0.364 e. The maximum Gasteiger partial charge on any atom is 0.446 e. The Bertz CT molecular complexity index is 1660. The van der Waals surface area contributed by atoms with Crippen molar-refractivity contribution in [2.75, 3.05) is 36.5 Å². The average Bonchev–Trinajstić information content (AvgIpc) is 3.54. The number of nitrogens with zero attached hydrogens (tertiary/aromatic N) is 5. The van der Waals surface area contributed by atoms with Gasteiger partial charge in [-0.15, -0.1) is 0 Å². The Labute approximate surface area is 243 Å². The fourth-order valence-electron chi connectivity index (χ4n) is 5.16. The summed E-state index contributed by atoms with van der Waals surface area (Å²) in [4.78, 5) is 14.0. The first kappa shape index (κ1) is 28.8. The summed E-state index contributed by atoms with van der Waals surface area (Å²) in [5.41, 5.74) is -4.21. The summed E-state index contributed by atoms with van der Waals surface area (Å²) in [5.74, 6) is 5.29. The maximum absolute atomic E-state index is 15.1. The van der Waals surface area contributed by atoms with Crippen molar-refractivity contribution in [2.45, 2.75) is 54.0 Å². The van der Waals surface area contributed by atoms with Gasteiger partial charge in [0.1, 0.15) is 17.7 Å². The van der Waals surface area contributed by atoms with E-state index in [1.54, 1.807) is 23.0 Å². The summed E-state index contributed by atoms with van der Waals surface area (Å²) < 4.78 is 81.6. The average molecular weight is 626 g/mol. The number of amides is 1. The predicted octanol–water partition coefficient (Wildman–Crippen LogP) is 2.88. The number of piperidine rings is 1. The summed E-state index contributed by atoms with van der Waals surface area (Å²) in [6.45, 7) is 0.436. The first-order valence-electron chi connectivity index (χ1n) is 13.4. The number of thioether (sulfide) groups is 1. The molecule has 6 rings (SSSR count). The molecule has 3 aromatic rings. The highest BCUT2D eigenvalue weighted by Crippen LogP contribution is 2.41. The highest BCUT2D eigenvalue weighted by molar-refractivity contribution is 8.00. The van der Waals surface area contributed by atoms with E-state index in [0.29, 0.717) is 30.4 Å². The van der Waals surface area contributed by atoms with Gasteiger partial charge in [0.15, 0.2) is 9.84 Å². The second kappa shape index (κ2) is 11.1. The molecule has 2 atom stereocenters. The molecule has 16 heteroatoms. The number of hydrogen-bond donors (Lipinski definition) is 2. The minimum atomic E-state index is -4.61. The van der Waals surface area contributed by atoms with Crippen molar-refractivity contribution in [2.24, 2.45) is 0 Å². The Kier molecular flexibility index (Phi) is 7.60. The van der Waals surface area contributed by atoms with Gasteiger partial charge in [-0.1, -0.05) is 12.0 Å². The Morgan fingerprint density at radius 2 is 1.95 bits per heavy atom. The molecule has 1 aliphatic carbocycles. The zero-order chi connectivity index (χ0) is 29.6. The van der Waals surface area contributed by atoms with Crippen LogP contribution < -0.4 is 10.6 Å². The van der Waals surface area contributed by atoms with Gasteiger partial charge in [0, 0.05) is 25.3 Å². The van der Waals surface area contributed by atoms with Gasteiger partial charge in [0.25, 0.3) is 5.91 Å². The molecule has 2 saturated heterocycles. The number of halogens is 4. The Hall–Kier alpha value is -3.29. The number of anilines is 1. The number of fused-ring (bicyclic) bond motifs is 1. The van der Waals surface area contributed by atoms with Crippen molar-refractivity contribution in [1.82, 2.24) is 29.6 Å². The van der Waals surface area contributed by atoms with Crippen molar-refractivity contribution >= 4 is 38.8 Å². The van der Waals surface area contributed by atoms with Crippen molar-refractivity contribution in [1.29, 1.82) is 0 Å². The first-order chi connectivity index (χ1) is 20.0. The van der Waals surface area contributed by atoms with Crippen LogP contribution in [-0.2, 0) is 9.84 Å². The minimum Gasteiger partial charge on any atom is -0.364 e. The molecule has 1 amide bonds. The molecule has 0 aromatic carbocycles. The topological polar surface area (TPSA) is 114 Å². The lowest BCUT2D eigenvalue weighted by atomic mass is 10.0. The molecule has 0 bridgehead atoms. The molecule has 42 heavy (non-hydrogen) atoms. The lowest BCUT2D eigenvalue weighted by Gasteiger charge is -2.42. The lowest BCUT2D eigenvalue weighted by molar-refractivity contribution is -0.0327. The van der Waals surface area contributed by atoms with Crippen molar-refractivity contribution in [3.8, 4) is 11.8 Å². The van der Waals surface area contributed by atoms with Gasteiger partial charge in [-0.05, 0) is 49.1 Å². The van der Waals surface area contributed by atoms with Crippen LogP contribution in [0.3, 0.4) is 0 Å². The molecule has 10 nitrogen and oxygen atoms in total. The highest BCUT2D eigenvalue weighted by Gasteiger charge is 2.41. The molecule has 1 saturated carbocycles. The number of carbonyl (C=O) groups is 1. The molecule has 2 aliphatic heterocycles. The third-order valence-corrected chi connectivity index (χ3v) is 10.1. The van der Waals surface area contributed by atoms with Gasteiger partial charge in [-0.3, -0.25) is 14.4 Å². The molecule has 224 valence electrons. The minimum absolute atomic E-state index is 0.0305. The number of alkyl halides is 4. The number of pyridine rings is 1. The fraction of sp³-hybridized carbons (Fsp3) is 0.500. The third-order valence-electron chi connectivity index (χ3n) is 7.47. The molecule has 0 spiro atoms. The third kappa shape index (κ3) is 6.37. The summed E-state index contributed by atoms with van der Waals surface area (Å²) in [5, 5.41) is 14.2. The van der Waals surface area contributed by atoms with Gasteiger partial charge in [0.2, 0.25) is 0 Å². The van der Waals surface area contributed by atoms with Gasteiger partial charge >= 0.3 is 5.51 Å². The molecule has 3 fully saturated rings. The van der Waals surface area contributed by atoms with Gasteiger partial charge < -0.3 is 10.6 Å². The zero-order valence-corrected chi connectivity index (χ0v) is 23.8.